The van der Waals surface area contributed by atoms with E-state index in [9.17, 15) is 9.90 Å². The van der Waals surface area contributed by atoms with Gasteiger partial charge in [0.25, 0.3) is 5.56 Å². The Morgan fingerprint density at radius 2 is 2.24 bits per heavy atom. The van der Waals surface area contributed by atoms with E-state index < -0.39 is 0 Å². The normalized spacial score (nSPS) is 11.1. The minimum Gasteiger partial charge on any atom is -0.508 e. The monoisotopic (exact) mass is 284 g/mol. The van der Waals surface area contributed by atoms with Crippen molar-refractivity contribution in [1.29, 1.82) is 0 Å². The number of fused-ring (bicyclic) bond motifs is 1. The molecule has 0 unspecified atom stereocenters. The molecule has 3 aromatic rings. The second kappa shape index (κ2) is 5.40. The second-order valence-corrected chi connectivity index (χ2v) is 4.91. The molecule has 21 heavy (non-hydrogen) atoms. The summed E-state index contributed by atoms with van der Waals surface area (Å²) in [6, 6.07) is 6.73. The first kappa shape index (κ1) is 13.4. The highest BCUT2D eigenvalue weighted by atomic mass is 16.3. The summed E-state index contributed by atoms with van der Waals surface area (Å²) in [4.78, 5) is 19.0. The molecular weight excluding hydrogens is 268 g/mol. The Morgan fingerprint density at radius 3 is 3.00 bits per heavy atom. The lowest BCUT2D eigenvalue weighted by atomic mass is 10.1. The zero-order valence-corrected chi connectivity index (χ0v) is 11.7. The predicted octanol–water partition coefficient (Wildman–Crippen LogP) is 2.29. The Bertz CT molecular complexity index is 835. The Labute approximate surface area is 121 Å². The summed E-state index contributed by atoms with van der Waals surface area (Å²) in [6.07, 6.45) is 3.39. The lowest BCUT2D eigenvalue weighted by molar-refractivity contribution is 0.475. The van der Waals surface area contributed by atoms with Crippen LogP contribution in [-0.4, -0.2) is 24.9 Å². The summed E-state index contributed by atoms with van der Waals surface area (Å²) in [5.74, 6) is 0.143. The van der Waals surface area contributed by atoms with E-state index in [4.69, 9.17) is 0 Å². The fraction of sp³-hybridized carbons (Fsp3) is 0.267. The molecule has 0 saturated heterocycles. The second-order valence-electron chi connectivity index (χ2n) is 4.91. The van der Waals surface area contributed by atoms with Gasteiger partial charge in [-0.2, -0.15) is 5.10 Å². The van der Waals surface area contributed by atoms with Crippen molar-refractivity contribution in [3.05, 3.63) is 40.9 Å². The molecule has 0 atom stereocenters. The average Bonchev–Trinajstić information content (AvgIpc) is 2.85. The third kappa shape index (κ3) is 2.40. The maximum absolute atomic E-state index is 12.1. The maximum atomic E-state index is 12.1. The molecule has 0 aliphatic carbocycles. The first-order valence-corrected chi connectivity index (χ1v) is 6.94. The van der Waals surface area contributed by atoms with Crippen molar-refractivity contribution in [1.82, 2.24) is 19.7 Å². The molecule has 0 aliphatic rings. The lowest BCUT2D eigenvalue weighted by Crippen LogP contribution is -2.07. The number of benzene rings is 1. The Kier molecular flexibility index (Phi) is 3.43. The summed E-state index contributed by atoms with van der Waals surface area (Å²) in [6.45, 7) is 2.81. The van der Waals surface area contributed by atoms with Crippen molar-refractivity contribution in [2.24, 2.45) is 0 Å². The van der Waals surface area contributed by atoms with Crippen LogP contribution in [0.3, 0.4) is 0 Å². The van der Waals surface area contributed by atoms with Crippen molar-refractivity contribution in [2.75, 3.05) is 0 Å². The summed E-state index contributed by atoms with van der Waals surface area (Å²) >= 11 is 0. The van der Waals surface area contributed by atoms with Gasteiger partial charge < -0.3 is 10.1 Å². The lowest BCUT2D eigenvalue weighted by Gasteiger charge is -2.00. The van der Waals surface area contributed by atoms with Gasteiger partial charge >= 0.3 is 0 Å². The number of H-pyrrole nitrogens is 1. The zero-order chi connectivity index (χ0) is 14.8. The molecule has 108 valence electrons. The van der Waals surface area contributed by atoms with Crippen LogP contribution in [0.25, 0.3) is 22.3 Å². The molecule has 0 saturated carbocycles. The number of nitrogens with zero attached hydrogens (tertiary/aromatic N) is 3. The van der Waals surface area contributed by atoms with Crippen LogP contribution in [0.5, 0.6) is 5.75 Å². The molecule has 1 aromatic carbocycles. The molecular formula is C15H16N4O2. The number of aromatic amines is 1. The average molecular weight is 284 g/mol. The molecule has 2 aromatic heterocycles. The number of hydrogen-bond acceptors (Lipinski definition) is 4. The molecule has 0 aliphatic heterocycles. The molecule has 0 amide bonds. The van der Waals surface area contributed by atoms with Crippen LogP contribution in [0.1, 0.15) is 19.8 Å². The molecule has 2 N–H and O–H groups in total. The highest BCUT2D eigenvalue weighted by Crippen LogP contribution is 2.26. The van der Waals surface area contributed by atoms with Crippen molar-refractivity contribution in [2.45, 2.75) is 26.3 Å². The molecule has 6 heteroatoms. The molecule has 6 nitrogen and oxygen atoms in total. The SMILES string of the molecule is CCCCn1nc(-c2cccc(O)c2)c2c(=O)[nH]cnc21. The van der Waals surface area contributed by atoms with Crippen molar-refractivity contribution in [3.63, 3.8) is 0 Å². The van der Waals surface area contributed by atoms with Crippen molar-refractivity contribution in [3.8, 4) is 17.0 Å². The van der Waals surface area contributed by atoms with E-state index in [1.54, 1.807) is 22.9 Å². The Morgan fingerprint density at radius 1 is 1.38 bits per heavy atom. The number of aromatic nitrogens is 4. The molecule has 2 heterocycles. The number of phenolic OH excluding ortho intramolecular Hbond substituents is 1. The molecule has 0 fully saturated rings. The topological polar surface area (TPSA) is 83.8 Å². The van der Waals surface area contributed by atoms with Gasteiger partial charge in [-0.15, -0.1) is 0 Å². The summed E-state index contributed by atoms with van der Waals surface area (Å²) in [5, 5.41) is 14.6. The number of hydrogen-bond donors (Lipinski definition) is 2. The fourth-order valence-electron chi connectivity index (χ4n) is 2.34. The number of aromatic hydroxyl groups is 1. The van der Waals surface area contributed by atoms with E-state index in [1.165, 1.54) is 6.33 Å². The number of aryl methyl sites for hydroxylation is 1. The summed E-state index contributed by atoms with van der Waals surface area (Å²) < 4.78 is 1.76. The highest BCUT2D eigenvalue weighted by molar-refractivity contribution is 5.90. The van der Waals surface area contributed by atoms with Crippen molar-refractivity contribution >= 4 is 11.0 Å². The molecule has 0 spiro atoms. The van der Waals surface area contributed by atoms with Gasteiger partial charge in [0.1, 0.15) is 16.8 Å². The number of rotatable bonds is 4. The van der Waals surface area contributed by atoms with Crippen LogP contribution < -0.4 is 5.56 Å². The van der Waals surface area contributed by atoms with Gasteiger partial charge in [0, 0.05) is 12.1 Å². The van der Waals surface area contributed by atoms with Gasteiger partial charge in [-0.1, -0.05) is 25.5 Å². The molecule has 0 bridgehead atoms. The molecule has 3 rings (SSSR count). The van der Waals surface area contributed by atoms with Gasteiger partial charge in [0.15, 0.2) is 5.65 Å². The van der Waals surface area contributed by atoms with Gasteiger partial charge in [-0.05, 0) is 18.6 Å². The number of unbranched alkanes of at least 4 members (excludes halogenated alkanes) is 1. The number of phenols is 1. The first-order chi connectivity index (χ1) is 10.2. The van der Waals surface area contributed by atoms with E-state index in [1.807, 2.05) is 6.07 Å². The van der Waals surface area contributed by atoms with Gasteiger partial charge in [0.05, 0.1) is 6.33 Å². The van der Waals surface area contributed by atoms with E-state index in [0.717, 1.165) is 12.8 Å². The Balaban J connectivity index is 2.25. The van der Waals surface area contributed by atoms with Crippen LogP contribution in [0, 0.1) is 0 Å². The van der Waals surface area contributed by atoms with Crippen LogP contribution in [0.2, 0.25) is 0 Å². The standard InChI is InChI=1S/C15H16N4O2/c1-2-3-7-19-14-12(15(21)17-9-16-14)13(18-19)10-5-4-6-11(20)8-10/h4-6,8-9,20H,2-3,7H2,1H3,(H,16,17,21). The Hall–Kier alpha value is -2.63. The van der Waals surface area contributed by atoms with Crippen LogP contribution in [0.4, 0.5) is 0 Å². The fourth-order valence-corrected chi connectivity index (χ4v) is 2.34. The maximum Gasteiger partial charge on any atom is 0.262 e. The van der Waals surface area contributed by atoms with Gasteiger partial charge in [-0.25, -0.2) is 9.67 Å². The largest absolute Gasteiger partial charge is 0.508 e. The minimum atomic E-state index is -0.221. The van der Waals surface area contributed by atoms with Crippen LogP contribution in [-0.2, 0) is 6.54 Å². The molecule has 0 radical (unpaired) electrons. The third-order valence-electron chi connectivity index (χ3n) is 3.38. The van der Waals surface area contributed by atoms with Crippen LogP contribution >= 0.6 is 0 Å². The van der Waals surface area contributed by atoms with Gasteiger partial charge in [0.2, 0.25) is 0 Å². The zero-order valence-electron chi connectivity index (χ0n) is 11.7. The highest BCUT2D eigenvalue weighted by Gasteiger charge is 2.16. The van der Waals surface area contributed by atoms with E-state index in [0.29, 0.717) is 28.8 Å². The predicted molar refractivity (Wildman–Crippen MR) is 80.2 cm³/mol. The van der Waals surface area contributed by atoms with Gasteiger partial charge in [-0.3, -0.25) is 4.79 Å². The van der Waals surface area contributed by atoms with E-state index >= 15 is 0 Å². The smallest absolute Gasteiger partial charge is 0.262 e. The van der Waals surface area contributed by atoms with E-state index in [2.05, 4.69) is 22.0 Å². The third-order valence-corrected chi connectivity index (χ3v) is 3.38. The quantitative estimate of drug-likeness (QED) is 0.770. The number of nitrogens with one attached hydrogen (secondary N) is 1. The van der Waals surface area contributed by atoms with Crippen molar-refractivity contribution < 1.29 is 5.11 Å². The first-order valence-electron chi connectivity index (χ1n) is 6.94. The van der Waals surface area contributed by atoms with E-state index in [-0.39, 0.29) is 11.3 Å². The summed E-state index contributed by atoms with van der Waals surface area (Å²) in [7, 11) is 0. The van der Waals surface area contributed by atoms with Crippen LogP contribution in [0.15, 0.2) is 35.4 Å². The minimum absolute atomic E-state index is 0.143. The summed E-state index contributed by atoms with van der Waals surface area (Å²) in [5.41, 5.74) is 1.60.